The first-order chi connectivity index (χ1) is 7.47. The highest BCUT2D eigenvalue weighted by Gasteiger charge is 2.07. The molecule has 2 atom stereocenters. The van der Waals surface area contributed by atoms with Gasteiger partial charge in [0.25, 0.3) is 0 Å². The van der Waals surface area contributed by atoms with Crippen LogP contribution in [-0.4, -0.2) is 18.1 Å². The van der Waals surface area contributed by atoms with Crippen LogP contribution in [0.4, 0.5) is 0 Å². The number of carbonyl (C=O) groups excluding carboxylic acids is 1. The van der Waals surface area contributed by atoms with Gasteiger partial charge in [0.1, 0.15) is 0 Å². The molecule has 0 aromatic carbocycles. The Bertz CT molecular complexity index is 236. The molecule has 94 valence electrons. The average Bonchev–Trinajstić information content (AvgIpc) is 2.17. The molecule has 0 rings (SSSR count). The maximum absolute atomic E-state index is 10.8. The molecule has 0 aliphatic heterocycles. The highest BCUT2D eigenvalue weighted by molar-refractivity contribution is 5.91. The zero-order valence-corrected chi connectivity index (χ0v) is 11.0. The van der Waals surface area contributed by atoms with Crippen LogP contribution in [0.5, 0.6) is 0 Å². The monoisotopic (exact) mass is 227 g/mol. The minimum Gasteiger partial charge on any atom is -0.371 e. The van der Waals surface area contributed by atoms with Crippen LogP contribution in [0.15, 0.2) is 11.6 Å². The molecule has 3 nitrogen and oxygen atoms in total. The van der Waals surface area contributed by atoms with Crippen molar-refractivity contribution in [1.29, 1.82) is 0 Å². The Morgan fingerprint density at radius 2 is 2.00 bits per heavy atom. The van der Waals surface area contributed by atoms with Gasteiger partial charge in [-0.3, -0.25) is 4.79 Å². The van der Waals surface area contributed by atoms with Crippen molar-refractivity contribution in [2.45, 2.75) is 65.6 Å². The quantitative estimate of drug-likeness (QED) is 0.512. The lowest BCUT2D eigenvalue weighted by molar-refractivity contribution is -0.114. The smallest absolute Gasteiger partial charge is 0.244 e. The normalized spacial score (nSPS) is 15.9. The number of primary amides is 1. The highest BCUT2D eigenvalue weighted by atomic mass is 16.5. The van der Waals surface area contributed by atoms with Crippen LogP contribution in [-0.2, 0) is 9.53 Å². The van der Waals surface area contributed by atoms with E-state index in [4.69, 9.17) is 10.5 Å². The summed E-state index contributed by atoms with van der Waals surface area (Å²) in [6.07, 6.45) is 6.70. The molecule has 16 heavy (non-hydrogen) atoms. The number of ether oxygens (including phenoxy) is 1. The minimum atomic E-state index is -0.380. The number of rotatable bonds is 8. The van der Waals surface area contributed by atoms with Crippen LogP contribution < -0.4 is 5.73 Å². The van der Waals surface area contributed by atoms with Crippen LogP contribution in [0.1, 0.15) is 53.4 Å². The first-order valence-corrected chi connectivity index (χ1v) is 6.11. The van der Waals surface area contributed by atoms with Crippen LogP contribution in [0.25, 0.3) is 0 Å². The number of hydrogen-bond donors (Lipinski definition) is 1. The van der Waals surface area contributed by atoms with Crippen LogP contribution >= 0.6 is 0 Å². The lowest BCUT2D eigenvalue weighted by Gasteiger charge is -2.17. The molecule has 2 N–H and O–H groups in total. The lowest BCUT2D eigenvalue weighted by Crippen LogP contribution is -2.18. The van der Waals surface area contributed by atoms with E-state index in [1.807, 2.05) is 6.92 Å². The van der Waals surface area contributed by atoms with E-state index in [-0.39, 0.29) is 18.1 Å². The molecule has 0 aliphatic rings. The molecular formula is C13H25NO2. The summed E-state index contributed by atoms with van der Waals surface area (Å²) in [7, 11) is 0. The number of unbranched alkanes of at least 4 members (excludes halogenated alkanes) is 2. The van der Waals surface area contributed by atoms with Gasteiger partial charge < -0.3 is 10.5 Å². The molecule has 3 heteroatoms. The SMILES string of the molecule is CCCCCC(C)OC(C)/C=C(/C)C(N)=O. The second-order valence-electron chi connectivity index (χ2n) is 4.36. The van der Waals surface area contributed by atoms with Gasteiger partial charge in [-0.05, 0) is 33.3 Å². The standard InChI is InChI=1S/C13H25NO2/c1-5-6-7-8-11(3)16-12(4)9-10(2)13(14)15/h9,11-12H,5-8H2,1-4H3,(H2,14,15)/b10-9-. The highest BCUT2D eigenvalue weighted by Crippen LogP contribution is 2.10. The Morgan fingerprint density at radius 1 is 1.38 bits per heavy atom. The van der Waals surface area contributed by atoms with E-state index in [2.05, 4.69) is 13.8 Å². The number of carbonyl (C=O) groups is 1. The third kappa shape index (κ3) is 7.46. The van der Waals surface area contributed by atoms with E-state index >= 15 is 0 Å². The lowest BCUT2D eigenvalue weighted by atomic mass is 10.1. The number of amides is 1. The largest absolute Gasteiger partial charge is 0.371 e. The van der Waals surface area contributed by atoms with E-state index < -0.39 is 0 Å². The van der Waals surface area contributed by atoms with E-state index in [1.165, 1.54) is 19.3 Å². The molecule has 0 bridgehead atoms. The molecule has 1 amide bonds. The Hall–Kier alpha value is -0.830. The van der Waals surface area contributed by atoms with Gasteiger partial charge in [-0.1, -0.05) is 26.2 Å². The summed E-state index contributed by atoms with van der Waals surface area (Å²) in [6.45, 7) is 7.90. The van der Waals surface area contributed by atoms with Gasteiger partial charge in [0.05, 0.1) is 12.2 Å². The zero-order chi connectivity index (χ0) is 12.6. The van der Waals surface area contributed by atoms with Gasteiger partial charge in [-0.15, -0.1) is 0 Å². The fraction of sp³-hybridized carbons (Fsp3) is 0.769. The first kappa shape index (κ1) is 15.2. The van der Waals surface area contributed by atoms with Gasteiger partial charge in [-0.2, -0.15) is 0 Å². The summed E-state index contributed by atoms with van der Waals surface area (Å²) in [5, 5.41) is 0. The first-order valence-electron chi connectivity index (χ1n) is 6.11. The molecule has 0 saturated carbocycles. The number of nitrogens with two attached hydrogens (primary N) is 1. The molecule has 0 aliphatic carbocycles. The fourth-order valence-corrected chi connectivity index (χ4v) is 1.59. The predicted octanol–water partition coefficient (Wildman–Crippen LogP) is 2.79. The van der Waals surface area contributed by atoms with Crippen LogP contribution in [0, 0.1) is 0 Å². The van der Waals surface area contributed by atoms with Crippen molar-refractivity contribution in [3.8, 4) is 0 Å². The van der Waals surface area contributed by atoms with Crippen molar-refractivity contribution < 1.29 is 9.53 Å². The van der Waals surface area contributed by atoms with Gasteiger partial charge in [0.2, 0.25) is 5.91 Å². The molecule has 0 spiro atoms. The number of hydrogen-bond acceptors (Lipinski definition) is 2. The summed E-state index contributed by atoms with van der Waals surface area (Å²) < 4.78 is 5.73. The third-order valence-corrected chi connectivity index (χ3v) is 2.53. The predicted molar refractivity (Wildman–Crippen MR) is 67.1 cm³/mol. The molecule has 0 aromatic heterocycles. The average molecular weight is 227 g/mol. The van der Waals surface area contributed by atoms with Crippen molar-refractivity contribution in [2.24, 2.45) is 5.73 Å². The zero-order valence-electron chi connectivity index (χ0n) is 11.0. The maximum atomic E-state index is 10.8. The molecule has 0 fully saturated rings. The van der Waals surface area contributed by atoms with Crippen molar-refractivity contribution in [3.05, 3.63) is 11.6 Å². The Kier molecular flexibility index (Phi) is 7.90. The molecule has 0 heterocycles. The van der Waals surface area contributed by atoms with Gasteiger partial charge >= 0.3 is 0 Å². The summed E-state index contributed by atoms with van der Waals surface area (Å²) in [4.78, 5) is 10.8. The van der Waals surface area contributed by atoms with E-state index in [9.17, 15) is 4.79 Å². The van der Waals surface area contributed by atoms with Crippen molar-refractivity contribution >= 4 is 5.91 Å². The summed E-state index contributed by atoms with van der Waals surface area (Å²) in [6, 6.07) is 0. The molecule has 0 saturated heterocycles. The molecular weight excluding hydrogens is 202 g/mol. The fourth-order valence-electron chi connectivity index (χ4n) is 1.59. The van der Waals surface area contributed by atoms with Crippen molar-refractivity contribution in [3.63, 3.8) is 0 Å². The third-order valence-electron chi connectivity index (χ3n) is 2.53. The topological polar surface area (TPSA) is 52.3 Å². The van der Waals surface area contributed by atoms with Crippen LogP contribution in [0.3, 0.4) is 0 Å². The Morgan fingerprint density at radius 3 is 2.50 bits per heavy atom. The minimum absolute atomic E-state index is 0.0517. The van der Waals surface area contributed by atoms with Crippen molar-refractivity contribution in [1.82, 2.24) is 0 Å². The summed E-state index contributed by atoms with van der Waals surface area (Å²) in [5.41, 5.74) is 5.71. The van der Waals surface area contributed by atoms with Gasteiger partial charge in [-0.25, -0.2) is 0 Å². The van der Waals surface area contributed by atoms with Crippen LogP contribution in [0.2, 0.25) is 0 Å². The summed E-state index contributed by atoms with van der Waals surface area (Å²) in [5.74, 6) is -0.380. The van der Waals surface area contributed by atoms with Gasteiger partial charge in [0.15, 0.2) is 0 Å². The Labute approximate surface area is 99.0 Å². The maximum Gasteiger partial charge on any atom is 0.244 e. The molecule has 0 radical (unpaired) electrons. The summed E-state index contributed by atoms with van der Waals surface area (Å²) >= 11 is 0. The Balaban J connectivity index is 3.90. The second kappa shape index (κ2) is 8.34. The van der Waals surface area contributed by atoms with E-state index in [0.717, 1.165) is 6.42 Å². The van der Waals surface area contributed by atoms with E-state index in [1.54, 1.807) is 13.0 Å². The molecule has 2 unspecified atom stereocenters. The second-order valence-corrected chi connectivity index (χ2v) is 4.36. The van der Waals surface area contributed by atoms with Crippen molar-refractivity contribution in [2.75, 3.05) is 0 Å². The molecule has 0 aromatic rings. The van der Waals surface area contributed by atoms with Gasteiger partial charge in [0, 0.05) is 5.57 Å². The van der Waals surface area contributed by atoms with E-state index in [0.29, 0.717) is 5.57 Å².